The van der Waals surface area contributed by atoms with Crippen LogP contribution in [0.2, 0.25) is 0 Å². The van der Waals surface area contributed by atoms with Gasteiger partial charge in [0, 0.05) is 11.5 Å². The maximum atomic E-state index is 8.74. The molecule has 0 aliphatic heterocycles. The summed E-state index contributed by atoms with van der Waals surface area (Å²) in [4.78, 5) is 0. The van der Waals surface area contributed by atoms with E-state index in [2.05, 4.69) is 79.9 Å². The van der Waals surface area contributed by atoms with Gasteiger partial charge in [-0.3, -0.25) is 0 Å². The van der Waals surface area contributed by atoms with Gasteiger partial charge in [-0.25, -0.2) is 4.57 Å². The van der Waals surface area contributed by atoms with Gasteiger partial charge in [0.2, 0.25) is 5.69 Å². The smallest absolute Gasteiger partial charge is 0.200 e. The minimum atomic E-state index is -0.0308. The molecule has 4 aromatic rings. The van der Waals surface area contributed by atoms with E-state index in [1.165, 1.54) is 75.4 Å². The molecule has 32 heavy (non-hydrogen) atoms. The lowest BCUT2D eigenvalue weighted by molar-refractivity contribution is -0.659. The Morgan fingerprint density at radius 2 is 1.66 bits per heavy atom. The van der Waals surface area contributed by atoms with Crippen LogP contribution in [-0.2, 0) is 12.5 Å². The topological polar surface area (TPSA) is 3.88 Å². The highest BCUT2D eigenvalue weighted by Crippen LogP contribution is 2.50. The molecular weight excluding hydrogens is 386 g/mol. The van der Waals surface area contributed by atoms with Gasteiger partial charge in [-0.1, -0.05) is 69.2 Å². The lowest BCUT2D eigenvalue weighted by Gasteiger charge is -2.22. The molecule has 1 saturated carbocycles. The van der Waals surface area contributed by atoms with Gasteiger partial charge in [0.15, 0.2) is 6.17 Å². The normalized spacial score (nSPS) is 17.4. The lowest BCUT2D eigenvalue weighted by atomic mass is 9.81. The molecule has 1 nitrogen and oxygen atoms in total. The maximum Gasteiger partial charge on any atom is 0.220 e. The lowest BCUT2D eigenvalue weighted by Crippen LogP contribution is -2.31. The quantitative estimate of drug-likeness (QED) is 0.294. The summed E-state index contributed by atoms with van der Waals surface area (Å²) in [6.45, 7) is 6.90. The van der Waals surface area contributed by atoms with Crippen molar-refractivity contribution in [2.45, 2.75) is 57.8 Å². The fourth-order valence-corrected chi connectivity index (χ4v) is 6.28. The number of pyridine rings is 1. The SMILES string of the molecule is [2H]c1cc2cc(C3CCCC3)ccc2c(-c2cc3c(cc2C)-c2ccccc2C3(C)C)[n+]1C. The van der Waals surface area contributed by atoms with Crippen molar-refractivity contribution in [1.29, 1.82) is 0 Å². The molecule has 0 radical (unpaired) electrons. The molecule has 1 heterocycles. The largest absolute Gasteiger partial charge is 0.220 e. The first kappa shape index (κ1) is 18.6. The second-order valence-electron chi connectivity index (χ2n) is 10.4. The summed E-state index contributed by atoms with van der Waals surface area (Å²) in [5.41, 5.74) is 10.6. The van der Waals surface area contributed by atoms with Crippen molar-refractivity contribution in [3.63, 3.8) is 0 Å². The van der Waals surface area contributed by atoms with Gasteiger partial charge in [-0.2, -0.15) is 0 Å². The van der Waals surface area contributed by atoms with Crippen molar-refractivity contribution in [2.75, 3.05) is 0 Å². The summed E-state index contributed by atoms with van der Waals surface area (Å²) in [5.74, 6) is 0.682. The van der Waals surface area contributed by atoms with Crippen LogP contribution in [0.3, 0.4) is 0 Å². The molecule has 0 bridgehead atoms. The van der Waals surface area contributed by atoms with Crippen molar-refractivity contribution in [2.24, 2.45) is 7.05 Å². The Kier molecular flexibility index (Phi) is 4.09. The Balaban J connectivity index is 1.58. The molecule has 0 saturated heterocycles. The Hall–Kier alpha value is -2.93. The maximum absolute atomic E-state index is 8.74. The third-order valence-corrected chi connectivity index (χ3v) is 8.09. The van der Waals surface area contributed by atoms with E-state index in [1.54, 1.807) is 0 Å². The number of benzene rings is 3. The summed E-state index contributed by atoms with van der Waals surface area (Å²) in [6, 6.07) is 22.7. The zero-order chi connectivity index (χ0) is 22.9. The monoisotopic (exact) mass is 419 g/mol. The Labute approximate surface area is 193 Å². The van der Waals surface area contributed by atoms with Crippen molar-refractivity contribution in [3.8, 4) is 22.4 Å². The minimum Gasteiger partial charge on any atom is -0.200 e. The second-order valence-corrected chi connectivity index (χ2v) is 10.4. The molecule has 0 amide bonds. The molecule has 0 unspecified atom stereocenters. The molecule has 3 aromatic carbocycles. The van der Waals surface area contributed by atoms with E-state index < -0.39 is 0 Å². The van der Waals surface area contributed by atoms with Crippen LogP contribution in [0.15, 0.2) is 66.8 Å². The number of hydrogen-bond donors (Lipinski definition) is 0. The van der Waals surface area contributed by atoms with Crippen LogP contribution in [0.4, 0.5) is 0 Å². The fourth-order valence-electron chi connectivity index (χ4n) is 6.28. The van der Waals surface area contributed by atoms with Crippen molar-refractivity contribution >= 4 is 10.8 Å². The van der Waals surface area contributed by atoms with E-state index in [4.69, 9.17) is 1.37 Å². The van der Waals surface area contributed by atoms with Gasteiger partial charge in [0.05, 0.1) is 10.9 Å². The standard InChI is InChI=1S/C31H32N/c1-20-17-27-25-11-7-8-12-28(25)31(2,3)29(27)19-26(20)30-24-14-13-22(21-9-5-6-10-21)18-23(24)15-16-32(30)4/h7-8,11-19,21H,5-6,9-10H2,1-4H3/q+1/i16D. The number of nitrogens with zero attached hydrogens (tertiary/aromatic N) is 1. The third kappa shape index (κ3) is 2.80. The van der Waals surface area contributed by atoms with Crippen molar-refractivity contribution in [1.82, 2.24) is 0 Å². The number of hydrogen-bond acceptors (Lipinski definition) is 0. The van der Waals surface area contributed by atoms with E-state index in [0.29, 0.717) is 12.1 Å². The van der Waals surface area contributed by atoms with Gasteiger partial charge >= 0.3 is 0 Å². The molecule has 0 atom stereocenters. The summed E-state index contributed by atoms with van der Waals surface area (Å²) in [5, 5.41) is 2.44. The number of rotatable bonds is 2. The first-order valence-corrected chi connectivity index (χ1v) is 12.0. The van der Waals surface area contributed by atoms with Crippen LogP contribution in [0.25, 0.3) is 33.2 Å². The van der Waals surface area contributed by atoms with Gasteiger partial charge < -0.3 is 0 Å². The molecule has 1 aromatic heterocycles. The van der Waals surface area contributed by atoms with E-state index in [9.17, 15) is 0 Å². The first-order valence-electron chi connectivity index (χ1n) is 12.5. The Morgan fingerprint density at radius 1 is 0.875 bits per heavy atom. The average Bonchev–Trinajstić information content (AvgIpc) is 3.41. The molecular formula is C31H32N+. The summed E-state index contributed by atoms with van der Waals surface area (Å²) in [7, 11) is 2.04. The van der Waals surface area contributed by atoms with Crippen LogP contribution in [0.1, 0.15) is 69.1 Å². The van der Waals surface area contributed by atoms with Crippen molar-refractivity contribution < 1.29 is 5.94 Å². The van der Waals surface area contributed by atoms with Gasteiger partial charge in [0.1, 0.15) is 8.42 Å². The molecule has 2 aliphatic carbocycles. The van der Waals surface area contributed by atoms with Gasteiger partial charge in [0.25, 0.3) is 0 Å². The number of aromatic nitrogens is 1. The van der Waals surface area contributed by atoms with Crippen LogP contribution in [0, 0.1) is 6.92 Å². The molecule has 6 rings (SSSR count). The molecule has 2 aliphatic rings. The highest BCUT2D eigenvalue weighted by atomic mass is 14.9. The summed E-state index contributed by atoms with van der Waals surface area (Å²) >= 11 is 0. The van der Waals surface area contributed by atoms with E-state index >= 15 is 0 Å². The average molecular weight is 420 g/mol. The van der Waals surface area contributed by atoms with E-state index in [1.807, 2.05) is 13.1 Å². The third-order valence-electron chi connectivity index (χ3n) is 8.09. The van der Waals surface area contributed by atoms with Crippen LogP contribution >= 0.6 is 0 Å². The molecule has 160 valence electrons. The Morgan fingerprint density at radius 3 is 2.47 bits per heavy atom. The second kappa shape index (κ2) is 7.04. The van der Waals surface area contributed by atoms with Crippen LogP contribution in [0.5, 0.6) is 0 Å². The zero-order valence-corrected chi connectivity index (χ0v) is 19.6. The number of fused-ring (bicyclic) bond motifs is 4. The fraction of sp³-hybridized carbons (Fsp3) is 0.323. The zero-order valence-electron chi connectivity index (χ0n) is 20.6. The first-order chi connectivity index (χ1) is 15.9. The number of aryl methyl sites for hydroxylation is 1. The molecule has 1 fully saturated rings. The van der Waals surface area contributed by atoms with E-state index in [-0.39, 0.29) is 5.41 Å². The molecule has 0 N–H and O–H groups in total. The highest BCUT2D eigenvalue weighted by molar-refractivity contribution is 5.95. The summed E-state index contributed by atoms with van der Waals surface area (Å²) in [6.07, 6.45) is 5.84. The molecule has 1 heteroatoms. The van der Waals surface area contributed by atoms with Crippen LogP contribution < -0.4 is 4.57 Å². The minimum absolute atomic E-state index is 0.0308. The van der Waals surface area contributed by atoms with Crippen molar-refractivity contribution in [3.05, 3.63) is 89.1 Å². The van der Waals surface area contributed by atoms with E-state index in [0.717, 1.165) is 5.69 Å². The van der Waals surface area contributed by atoms with Gasteiger partial charge in [-0.15, -0.1) is 0 Å². The predicted molar refractivity (Wildman–Crippen MR) is 134 cm³/mol. The van der Waals surface area contributed by atoms with Crippen LogP contribution in [-0.4, -0.2) is 0 Å². The Bertz CT molecular complexity index is 1420. The summed E-state index contributed by atoms with van der Waals surface area (Å²) < 4.78 is 10.8. The van der Waals surface area contributed by atoms with Gasteiger partial charge in [-0.05, 0) is 76.6 Å². The highest BCUT2D eigenvalue weighted by Gasteiger charge is 2.36. The predicted octanol–water partition coefficient (Wildman–Crippen LogP) is 7.60. The molecule has 0 spiro atoms.